The minimum Gasteiger partial charge on any atom is -0.507 e. The lowest BCUT2D eigenvalue weighted by Gasteiger charge is -2.48. The minimum atomic E-state index is -1.81. The van der Waals surface area contributed by atoms with E-state index in [4.69, 9.17) is 19.9 Å². The second-order valence-electron chi connectivity index (χ2n) is 15.2. The average Bonchev–Trinajstić information content (AvgIpc) is 3.04. The third-order valence-corrected chi connectivity index (χ3v) is 10.6. The number of carbonyl (C=O) groups is 2. The Labute approximate surface area is 302 Å². The van der Waals surface area contributed by atoms with Gasteiger partial charge in [0.1, 0.15) is 22.8 Å². The Morgan fingerprint density at radius 2 is 1.65 bits per heavy atom. The Balaban J connectivity index is 0.00000504. The van der Waals surface area contributed by atoms with Gasteiger partial charge in [0.2, 0.25) is 5.78 Å². The van der Waals surface area contributed by atoms with E-state index in [-0.39, 0.29) is 65.4 Å². The van der Waals surface area contributed by atoms with Crippen molar-refractivity contribution in [3.63, 3.8) is 0 Å². The predicted octanol–water partition coefficient (Wildman–Crippen LogP) is 3.72. The number of nitrogens with two attached hydrogens (primary N) is 1. The Morgan fingerprint density at radius 1 is 1.02 bits per heavy atom. The highest BCUT2D eigenvalue weighted by atomic mass is 35.5. The van der Waals surface area contributed by atoms with Gasteiger partial charge in [0, 0.05) is 71.6 Å². The van der Waals surface area contributed by atoms with Crippen LogP contribution in [-0.4, -0.2) is 102 Å². The number of aromatic hydroxyl groups is 2. The lowest BCUT2D eigenvalue weighted by Crippen LogP contribution is -2.59. The summed E-state index contributed by atoms with van der Waals surface area (Å²) in [7, 11) is 1.36. The molecule has 0 saturated carbocycles. The summed E-state index contributed by atoms with van der Waals surface area (Å²) in [6, 6.07) is 3.82. The first-order chi connectivity index (χ1) is 23.3. The second kappa shape index (κ2) is 13.5. The number of aliphatic hydroxyl groups excluding tert-OH is 1. The van der Waals surface area contributed by atoms with Gasteiger partial charge in [-0.3, -0.25) is 9.59 Å². The molecule has 0 unspecified atom stereocenters. The number of fused-ring (bicyclic) bond motifs is 3. The van der Waals surface area contributed by atoms with Gasteiger partial charge < -0.3 is 45.6 Å². The Hall–Kier alpha value is -3.47. The number of ketones is 2. The monoisotopic (exact) mass is 730 g/mol. The van der Waals surface area contributed by atoms with Gasteiger partial charge in [-0.15, -0.1) is 12.4 Å². The normalized spacial score (nSPS) is 30.1. The molecule has 2 saturated heterocycles. The number of methoxy groups -OCH3 is 1. The van der Waals surface area contributed by atoms with E-state index in [1.54, 1.807) is 19.9 Å². The maximum atomic E-state index is 14.0. The van der Waals surface area contributed by atoms with E-state index in [0.717, 1.165) is 0 Å². The van der Waals surface area contributed by atoms with E-state index < -0.39 is 81.5 Å². The topological polar surface area (TPSA) is 217 Å². The number of benzene rings is 2. The number of hydroxylamine groups is 2. The summed E-state index contributed by atoms with van der Waals surface area (Å²) in [5.41, 5.74) is 3.18. The number of ether oxygens (including phenoxy) is 3. The van der Waals surface area contributed by atoms with Crippen LogP contribution in [0.15, 0.2) is 28.4 Å². The minimum absolute atomic E-state index is 0. The molecule has 2 aliphatic heterocycles. The Bertz CT molecular complexity index is 1800. The fourth-order valence-corrected chi connectivity index (χ4v) is 8.01. The molecule has 0 spiro atoms. The number of phenols is 2. The second-order valence-corrected chi connectivity index (χ2v) is 15.2. The van der Waals surface area contributed by atoms with Crippen LogP contribution >= 0.6 is 12.4 Å². The van der Waals surface area contributed by atoms with E-state index in [9.17, 15) is 35.2 Å². The van der Waals surface area contributed by atoms with Crippen molar-refractivity contribution in [1.82, 2.24) is 5.06 Å². The van der Waals surface area contributed by atoms with Gasteiger partial charge >= 0.3 is 0 Å². The van der Waals surface area contributed by atoms with E-state index >= 15 is 0 Å². The number of carbonyl (C=O) groups excluding carboxylic acids is 2. The maximum Gasteiger partial charge on any atom is 0.202 e. The Morgan fingerprint density at radius 3 is 2.25 bits per heavy atom. The van der Waals surface area contributed by atoms with E-state index in [1.165, 1.54) is 24.3 Å². The molecule has 6 atom stereocenters. The van der Waals surface area contributed by atoms with Crippen LogP contribution in [0.4, 0.5) is 0 Å². The van der Waals surface area contributed by atoms with Crippen molar-refractivity contribution < 1.29 is 49.4 Å². The van der Waals surface area contributed by atoms with Crippen LogP contribution in [0, 0.1) is 0 Å². The quantitative estimate of drug-likeness (QED) is 0.126. The van der Waals surface area contributed by atoms with E-state index in [1.807, 2.05) is 27.7 Å². The molecule has 0 radical (unpaired) electrons. The molecule has 4 aliphatic rings. The fraction of sp³-hybridized carbons (Fsp3) is 0.556. The van der Waals surface area contributed by atoms with Crippen LogP contribution in [0.5, 0.6) is 17.2 Å². The molecule has 0 amide bonds. The highest BCUT2D eigenvalue weighted by Crippen LogP contribution is 2.52. The summed E-state index contributed by atoms with van der Waals surface area (Å²) >= 11 is 0. The number of halogens is 1. The third-order valence-electron chi connectivity index (χ3n) is 10.6. The number of piperidine rings is 1. The third kappa shape index (κ3) is 6.46. The van der Waals surface area contributed by atoms with Crippen molar-refractivity contribution >= 4 is 35.4 Å². The van der Waals surface area contributed by atoms with Crippen LogP contribution in [0.3, 0.4) is 0 Å². The van der Waals surface area contributed by atoms with Crippen molar-refractivity contribution in [2.45, 2.75) is 121 Å². The van der Waals surface area contributed by atoms with Gasteiger partial charge in [0.15, 0.2) is 12.1 Å². The number of rotatable bonds is 5. The number of aliphatic hydroxyl groups is 2. The number of hydrogen-bond donors (Lipinski definition) is 6. The average molecular weight is 731 g/mol. The zero-order chi connectivity index (χ0) is 36.7. The molecule has 2 aromatic rings. The first-order valence-electron chi connectivity index (χ1n) is 16.7. The predicted molar refractivity (Wildman–Crippen MR) is 188 cm³/mol. The van der Waals surface area contributed by atoms with Crippen LogP contribution in [0.25, 0.3) is 0 Å². The van der Waals surface area contributed by atoms with E-state index in [2.05, 4.69) is 10.2 Å². The highest BCUT2D eigenvalue weighted by molar-refractivity contribution is 6.31. The Kier molecular flexibility index (Phi) is 10.3. The number of phenolic OH excluding ortho intramolecular Hbond substituents is 2. The van der Waals surface area contributed by atoms with Gasteiger partial charge in [-0.25, -0.2) is 0 Å². The number of nitrogens with zero attached hydrogens (tertiary/aromatic N) is 3. The smallest absolute Gasteiger partial charge is 0.202 e. The molecule has 6 rings (SSSR count). The molecular weight excluding hydrogens is 684 g/mol. The highest BCUT2D eigenvalue weighted by Gasteiger charge is 2.49. The fourth-order valence-electron chi connectivity index (χ4n) is 8.01. The zero-order valence-corrected chi connectivity index (χ0v) is 30.6. The lowest BCUT2D eigenvalue weighted by atomic mass is 9.71. The van der Waals surface area contributed by atoms with Crippen molar-refractivity contribution in [3.8, 4) is 17.2 Å². The molecule has 51 heavy (non-hydrogen) atoms. The molecule has 0 aromatic heterocycles. The van der Waals surface area contributed by atoms with Crippen molar-refractivity contribution in [3.05, 3.63) is 51.6 Å². The van der Waals surface area contributed by atoms with Crippen LogP contribution < -0.4 is 10.5 Å². The standard InChI is InChI=1S/C36H46N4O10.ClH/c1-16-29(41)21(37)11-24(49-16)50-23-15-36(46,17(2)38-39-18-12-34(3,4)40(47)35(5,6)13-18)14-20-26(23)33(45)28-27(31(20)43)30(42)19-9-8-10-22(48-7)25(19)32(28)44;/h8-10,16,21,23-24,29,41,43,45-47H,11-15,37H2,1-7H3;1H/t16-,21-,23-,24-,29+,36-;/m0./s1. The van der Waals surface area contributed by atoms with Gasteiger partial charge in [0.25, 0.3) is 0 Å². The molecule has 2 aliphatic carbocycles. The first kappa shape index (κ1) is 38.8. The molecule has 2 heterocycles. The summed E-state index contributed by atoms with van der Waals surface area (Å²) < 4.78 is 17.6. The van der Waals surface area contributed by atoms with Gasteiger partial charge in [-0.1, -0.05) is 12.1 Å². The summed E-state index contributed by atoms with van der Waals surface area (Å²) in [6.45, 7) is 10.8. The van der Waals surface area contributed by atoms with Crippen LogP contribution in [-0.2, 0) is 15.9 Å². The molecule has 14 nitrogen and oxygen atoms in total. The van der Waals surface area contributed by atoms with Crippen molar-refractivity contribution in [2.75, 3.05) is 7.11 Å². The van der Waals surface area contributed by atoms with Crippen LogP contribution in [0.2, 0.25) is 0 Å². The first-order valence-corrected chi connectivity index (χ1v) is 16.7. The van der Waals surface area contributed by atoms with Gasteiger partial charge in [-0.05, 0) is 47.6 Å². The molecule has 2 fully saturated rings. The molecule has 15 heteroatoms. The lowest BCUT2D eigenvalue weighted by molar-refractivity contribution is -0.245. The van der Waals surface area contributed by atoms with Crippen molar-refractivity contribution in [2.24, 2.45) is 15.9 Å². The molecule has 278 valence electrons. The summed E-state index contributed by atoms with van der Waals surface area (Å²) in [5.74, 6) is -2.43. The largest absolute Gasteiger partial charge is 0.507 e. The molecule has 0 bridgehead atoms. The SMILES string of the molecule is COc1cccc2c1C(=O)c1c(O)c3c(c(O)c1C2=O)C[C@@](O)(C(C)=NN=C1CC(C)(C)N(O)C(C)(C)C1)C[C@@H]3O[C@H]1C[C@H](N)[C@H](O)[C@H](C)O1.Cl. The maximum absolute atomic E-state index is 14.0. The summed E-state index contributed by atoms with van der Waals surface area (Å²) in [5, 5.41) is 67.3. The van der Waals surface area contributed by atoms with Crippen molar-refractivity contribution in [1.29, 1.82) is 0 Å². The zero-order valence-electron chi connectivity index (χ0n) is 29.8. The number of hydrogen-bond acceptors (Lipinski definition) is 14. The molecule has 2 aromatic carbocycles. The molecule has 7 N–H and O–H groups in total. The summed E-state index contributed by atoms with van der Waals surface area (Å²) in [6.07, 6.45) is -3.44. The molecular formula is C36H47ClN4O10. The van der Waals surface area contributed by atoms with Crippen LogP contribution in [0.1, 0.15) is 116 Å². The van der Waals surface area contributed by atoms with Gasteiger partial charge in [0.05, 0.1) is 47.8 Å². The van der Waals surface area contributed by atoms with E-state index in [0.29, 0.717) is 18.6 Å². The van der Waals surface area contributed by atoms with Gasteiger partial charge in [-0.2, -0.15) is 15.3 Å². The summed E-state index contributed by atoms with van der Waals surface area (Å²) in [4.78, 5) is 27.9.